The highest BCUT2D eigenvalue weighted by molar-refractivity contribution is 6.03. The molecule has 1 aliphatic heterocycles. The van der Waals surface area contributed by atoms with Gasteiger partial charge in [-0.3, -0.25) is 4.79 Å². The first-order valence-corrected chi connectivity index (χ1v) is 10.6. The van der Waals surface area contributed by atoms with Crippen molar-refractivity contribution >= 4 is 28.4 Å². The number of piperidine rings is 1. The maximum atomic E-state index is 12.3. The molecule has 0 spiro atoms. The molecule has 1 saturated heterocycles. The van der Waals surface area contributed by atoms with E-state index >= 15 is 0 Å². The number of carbonyl (C=O) groups excluding carboxylic acids is 1. The van der Waals surface area contributed by atoms with Crippen LogP contribution in [0.15, 0.2) is 42.0 Å². The maximum Gasteiger partial charge on any atom is 0.262 e. The lowest BCUT2D eigenvalue weighted by molar-refractivity contribution is -0.118. The van der Waals surface area contributed by atoms with Crippen LogP contribution in [0.25, 0.3) is 16.8 Å². The molecule has 0 bridgehead atoms. The van der Waals surface area contributed by atoms with Crippen LogP contribution in [0.4, 0.5) is 5.69 Å². The Morgan fingerprint density at radius 2 is 2.10 bits per heavy atom. The molecule has 164 valence electrons. The Labute approximate surface area is 182 Å². The molecule has 3 rings (SSSR count). The number of nitriles is 1. The molecule has 2 aromatic carbocycles. The zero-order valence-corrected chi connectivity index (χ0v) is 17.7. The van der Waals surface area contributed by atoms with Crippen molar-refractivity contribution in [2.75, 3.05) is 24.6 Å². The molecule has 1 aliphatic rings. The number of amides is 1. The van der Waals surface area contributed by atoms with Crippen molar-refractivity contribution in [3.8, 4) is 6.07 Å². The third-order valence-corrected chi connectivity index (χ3v) is 5.77. The number of anilines is 1. The van der Waals surface area contributed by atoms with Crippen LogP contribution < -0.4 is 10.2 Å². The van der Waals surface area contributed by atoms with Gasteiger partial charge in [-0.05, 0) is 55.3 Å². The van der Waals surface area contributed by atoms with Gasteiger partial charge in [-0.2, -0.15) is 5.26 Å². The van der Waals surface area contributed by atoms with E-state index in [-0.39, 0.29) is 12.1 Å². The molecule has 31 heavy (non-hydrogen) atoms. The quantitative estimate of drug-likeness (QED) is 0.400. The van der Waals surface area contributed by atoms with E-state index < -0.39 is 24.7 Å². The average molecular weight is 424 g/mol. The summed E-state index contributed by atoms with van der Waals surface area (Å²) in [7, 11) is 0. The Bertz CT molecular complexity index is 998. The molecule has 0 aromatic heterocycles. The average Bonchev–Trinajstić information content (AvgIpc) is 2.80. The van der Waals surface area contributed by atoms with E-state index in [0.29, 0.717) is 6.04 Å². The second-order valence-electron chi connectivity index (χ2n) is 7.99. The molecular weight excluding hydrogens is 394 g/mol. The summed E-state index contributed by atoms with van der Waals surface area (Å²) in [5, 5.41) is 41.9. The standard InChI is InChI=1S/C24H29N3O4/c1-16-5-2-3-10-27(16)21-7-4-6-18-9-8-17(12-20(18)21)11-19(13-25)24(31)26-14-22(29)23(30)15-28/h4,6-9,11-12,16,22-23,28-30H,2-3,5,10,14-15H2,1H3,(H,26,31)/b19-11+. The Morgan fingerprint density at radius 1 is 1.29 bits per heavy atom. The van der Waals surface area contributed by atoms with Crippen LogP contribution >= 0.6 is 0 Å². The van der Waals surface area contributed by atoms with Crippen LogP contribution in [0.5, 0.6) is 0 Å². The summed E-state index contributed by atoms with van der Waals surface area (Å²) < 4.78 is 0. The zero-order valence-electron chi connectivity index (χ0n) is 17.7. The predicted octanol–water partition coefficient (Wildman–Crippen LogP) is 1.96. The Kier molecular flexibility index (Phi) is 7.64. The van der Waals surface area contributed by atoms with Crippen molar-refractivity contribution in [1.82, 2.24) is 5.32 Å². The highest BCUT2D eigenvalue weighted by atomic mass is 16.4. The van der Waals surface area contributed by atoms with E-state index in [2.05, 4.69) is 29.3 Å². The van der Waals surface area contributed by atoms with Crippen LogP contribution in [0, 0.1) is 11.3 Å². The fraction of sp³-hybridized carbons (Fsp3) is 0.417. The topological polar surface area (TPSA) is 117 Å². The zero-order chi connectivity index (χ0) is 22.4. The first-order valence-electron chi connectivity index (χ1n) is 10.6. The summed E-state index contributed by atoms with van der Waals surface area (Å²) in [6.07, 6.45) is 2.40. The number of hydrogen-bond acceptors (Lipinski definition) is 6. The summed E-state index contributed by atoms with van der Waals surface area (Å²) in [4.78, 5) is 14.8. The normalized spacial score (nSPS) is 19.0. The molecule has 0 aliphatic carbocycles. The van der Waals surface area contributed by atoms with Crippen molar-refractivity contribution < 1.29 is 20.1 Å². The van der Waals surface area contributed by atoms with Gasteiger partial charge in [0, 0.05) is 30.2 Å². The van der Waals surface area contributed by atoms with Gasteiger partial charge < -0.3 is 25.5 Å². The van der Waals surface area contributed by atoms with Gasteiger partial charge in [-0.25, -0.2) is 0 Å². The smallest absolute Gasteiger partial charge is 0.262 e. The molecule has 0 saturated carbocycles. The minimum atomic E-state index is -1.36. The Balaban J connectivity index is 1.86. The summed E-state index contributed by atoms with van der Waals surface area (Å²) in [6.45, 7) is 2.36. The lowest BCUT2D eigenvalue weighted by Gasteiger charge is -2.36. The first kappa shape index (κ1) is 22.8. The van der Waals surface area contributed by atoms with Crippen molar-refractivity contribution in [2.45, 2.75) is 44.4 Å². The van der Waals surface area contributed by atoms with Gasteiger partial charge in [-0.15, -0.1) is 0 Å². The van der Waals surface area contributed by atoms with E-state index in [0.717, 1.165) is 41.4 Å². The molecule has 1 amide bonds. The lowest BCUT2D eigenvalue weighted by atomic mass is 9.99. The number of nitrogens with zero attached hydrogens (tertiary/aromatic N) is 2. The first-order chi connectivity index (χ1) is 14.9. The van der Waals surface area contributed by atoms with Crippen LogP contribution in [0.3, 0.4) is 0 Å². The summed E-state index contributed by atoms with van der Waals surface area (Å²) in [5.74, 6) is -0.648. The molecule has 3 atom stereocenters. The third-order valence-electron chi connectivity index (χ3n) is 5.77. The third kappa shape index (κ3) is 5.42. The second-order valence-corrected chi connectivity index (χ2v) is 7.99. The predicted molar refractivity (Wildman–Crippen MR) is 120 cm³/mol. The van der Waals surface area contributed by atoms with Gasteiger partial charge >= 0.3 is 0 Å². The van der Waals surface area contributed by atoms with Crippen molar-refractivity contribution in [3.05, 3.63) is 47.5 Å². The fourth-order valence-corrected chi connectivity index (χ4v) is 3.94. The van der Waals surface area contributed by atoms with Gasteiger partial charge in [-0.1, -0.05) is 24.3 Å². The van der Waals surface area contributed by atoms with E-state index in [4.69, 9.17) is 5.11 Å². The molecule has 1 fully saturated rings. The maximum absolute atomic E-state index is 12.3. The highest BCUT2D eigenvalue weighted by Gasteiger charge is 2.20. The molecule has 0 radical (unpaired) electrons. The SMILES string of the molecule is CC1CCCCN1c1cccc2ccc(/C=C(\C#N)C(=O)NCC(O)C(O)CO)cc12. The van der Waals surface area contributed by atoms with Gasteiger partial charge in [0.15, 0.2) is 0 Å². The number of rotatable bonds is 7. The van der Waals surface area contributed by atoms with Gasteiger partial charge in [0.1, 0.15) is 17.7 Å². The highest BCUT2D eigenvalue weighted by Crippen LogP contribution is 2.32. The van der Waals surface area contributed by atoms with Gasteiger partial charge in [0.05, 0.1) is 12.7 Å². The monoisotopic (exact) mass is 423 g/mol. The van der Waals surface area contributed by atoms with Crippen LogP contribution in [-0.2, 0) is 4.79 Å². The number of hydrogen-bond donors (Lipinski definition) is 4. The number of fused-ring (bicyclic) bond motifs is 1. The summed E-state index contributed by atoms with van der Waals surface area (Å²) in [6, 6.07) is 14.4. The van der Waals surface area contributed by atoms with Gasteiger partial charge in [0.2, 0.25) is 0 Å². The van der Waals surface area contributed by atoms with Crippen molar-refractivity contribution in [3.63, 3.8) is 0 Å². The second kappa shape index (κ2) is 10.4. The largest absolute Gasteiger partial charge is 0.394 e. The Morgan fingerprint density at radius 3 is 2.81 bits per heavy atom. The fourth-order valence-electron chi connectivity index (χ4n) is 3.94. The van der Waals surface area contributed by atoms with E-state index in [1.54, 1.807) is 0 Å². The number of benzene rings is 2. The molecule has 3 unspecified atom stereocenters. The van der Waals surface area contributed by atoms with Crippen molar-refractivity contribution in [2.24, 2.45) is 0 Å². The summed E-state index contributed by atoms with van der Waals surface area (Å²) >= 11 is 0. The Hall–Kier alpha value is -2.92. The molecule has 7 nitrogen and oxygen atoms in total. The van der Waals surface area contributed by atoms with Crippen LogP contribution in [-0.4, -0.2) is 59.2 Å². The van der Waals surface area contributed by atoms with Crippen molar-refractivity contribution in [1.29, 1.82) is 5.26 Å². The number of aliphatic hydroxyl groups is 3. The number of carbonyl (C=O) groups is 1. The van der Waals surface area contributed by atoms with Gasteiger partial charge in [0.25, 0.3) is 5.91 Å². The van der Waals surface area contributed by atoms with Crippen LogP contribution in [0.1, 0.15) is 31.7 Å². The minimum Gasteiger partial charge on any atom is -0.394 e. The van der Waals surface area contributed by atoms with Crippen LogP contribution in [0.2, 0.25) is 0 Å². The number of aliphatic hydroxyl groups excluding tert-OH is 3. The molecule has 1 heterocycles. The molecule has 4 N–H and O–H groups in total. The minimum absolute atomic E-state index is 0.103. The van der Waals surface area contributed by atoms with E-state index in [9.17, 15) is 20.3 Å². The summed E-state index contributed by atoms with van der Waals surface area (Å²) in [5.41, 5.74) is 1.78. The van der Waals surface area contributed by atoms with E-state index in [1.807, 2.05) is 30.3 Å². The molecule has 2 aromatic rings. The number of nitrogens with one attached hydrogen (secondary N) is 1. The lowest BCUT2D eigenvalue weighted by Crippen LogP contribution is -2.40. The molecular formula is C24H29N3O4. The van der Waals surface area contributed by atoms with E-state index in [1.165, 1.54) is 12.5 Å². The molecule has 7 heteroatoms.